The molecule has 3 aromatic carbocycles. The number of alkyl halides is 3. The summed E-state index contributed by atoms with van der Waals surface area (Å²) in [7, 11) is 0. The highest BCUT2D eigenvalue weighted by Crippen LogP contribution is 2.45. The maximum Gasteiger partial charge on any atom is 0.416 e. The van der Waals surface area contributed by atoms with E-state index in [0.717, 1.165) is 28.7 Å². The largest absolute Gasteiger partial charge is 0.507 e. The highest BCUT2D eigenvalue weighted by Gasteiger charge is 2.49. The molecule has 10 heteroatoms. The number of amides is 1. The standard InChI is InChI=1S/C25H17F3N2O5/c1-14-9-11-15(12-10-14)22(31)20-21(18-7-2-3-8-19(18)30(34)35)29(24(33)23(20)32)17-6-4-5-16(13-17)25(26,27)28/h2-13,21,31H,1H3/b22-20+/t21-/m0/s1. The molecule has 0 aliphatic carbocycles. The summed E-state index contributed by atoms with van der Waals surface area (Å²) >= 11 is 0. The minimum atomic E-state index is -4.74. The third kappa shape index (κ3) is 4.25. The van der Waals surface area contributed by atoms with Gasteiger partial charge in [0.25, 0.3) is 17.4 Å². The smallest absolute Gasteiger partial charge is 0.416 e. The summed E-state index contributed by atoms with van der Waals surface area (Å²) in [4.78, 5) is 38.0. The van der Waals surface area contributed by atoms with Gasteiger partial charge >= 0.3 is 6.18 Å². The molecule has 0 bridgehead atoms. The Kier molecular flexibility index (Phi) is 5.89. The number of carbonyl (C=O) groups is 2. The summed E-state index contributed by atoms with van der Waals surface area (Å²) in [5.74, 6) is -2.99. The van der Waals surface area contributed by atoms with Crippen molar-refractivity contribution in [3.05, 3.63) is 111 Å². The van der Waals surface area contributed by atoms with Crippen LogP contribution < -0.4 is 4.90 Å². The van der Waals surface area contributed by atoms with Crippen molar-refractivity contribution >= 4 is 28.8 Å². The maximum absolute atomic E-state index is 13.4. The van der Waals surface area contributed by atoms with Crippen LogP contribution in [0.5, 0.6) is 0 Å². The van der Waals surface area contributed by atoms with Gasteiger partial charge in [-0.2, -0.15) is 13.2 Å². The molecular weight excluding hydrogens is 465 g/mol. The third-order valence-electron chi connectivity index (χ3n) is 5.65. The number of hydrogen-bond donors (Lipinski definition) is 1. The number of halogens is 3. The Labute approximate surface area is 196 Å². The van der Waals surface area contributed by atoms with Crippen LogP contribution in [0.4, 0.5) is 24.5 Å². The first-order chi connectivity index (χ1) is 16.5. The van der Waals surface area contributed by atoms with Crippen molar-refractivity contribution in [1.82, 2.24) is 0 Å². The number of nitro groups is 1. The van der Waals surface area contributed by atoms with Crippen molar-refractivity contribution in [3.8, 4) is 0 Å². The second-order valence-electron chi connectivity index (χ2n) is 7.90. The van der Waals surface area contributed by atoms with Crippen LogP contribution in [0.25, 0.3) is 5.76 Å². The monoisotopic (exact) mass is 482 g/mol. The molecule has 1 atom stereocenters. The van der Waals surface area contributed by atoms with E-state index in [1.807, 2.05) is 0 Å². The second-order valence-corrected chi connectivity index (χ2v) is 7.90. The first-order valence-electron chi connectivity index (χ1n) is 10.3. The molecule has 1 aliphatic rings. The predicted molar refractivity (Wildman–Crippen MR) is 121 cm³/mol. The lowest BCUT2D eigenvalue weighted by atomic mass is 9.93. The van der Waals surface area contributed by atoms with E-state index in [1.54, 1.807) is 19.1 Å². The fraction of sp³-hybridized carbons (Fsp3) is 0.120. The molecule has 1 N–H and O–H groups in total. The molecule has 1 aliphatic heterocycles. The fourth-order valence-corrected chi connectivity index (χ4v) is 3.98. The van der Waals surface area contributed by atoms with E-state index in [-0.39, 0.29) is 16.8 Å². The van der Waals surface area contributed by atoms with Crippen molar-refractivity contribution in [2.45, 2.75) is 19.1 Å². The van der Waals surface area contributed by atoms with Crippen LogP contribution in [0.1, 0.15) is 28.3 Å². The highest BCUT2D eigenvalue weighted by molar-refractivity contribution is 6.51. The first kappa shape index (κ1) is 23.7. The number of aryl methyl sites for hydroxylation is 1. The normalized spacial score (nSPS) is 17.6. The molecule has 4 rings (SSSR count). The molecule has 35 heavy (non-hydrogen) atoms. The van der Waals surface area contributed by atoms with Gasteiger partial charge in [-0.3, -0.25) is 24.6 Å². The van der Waals surface area contributed by atoms with Gasteiger partial charge < -0.3 is 5.11 Å². The van der Waals surface area contributed by atoms with Crippen molar-refractivity contribution in [1.29, 1.82) is 0 Å². The molecule has 0 aromatic heterocycles. The summed E-state index contributed by atoms with van der Waals surface area (Å²) in [6, 6.07) is 13.7. The molecule has 0 spiro atoms. The fourth-order valence-electron chi connectivity index (χ4n) is 3.98. The van der Waals surface area contributed by atoms with Gasteiger partial charge in [0.2, 0.25) is 0 Å². The Balaban J connectivity index is 2.01. The Morgan fingerprint density at radius 3 is 2.29 bits per heavy atom. The molecule has 1 heterocycles. The highest BCUT2D eigenvalue weighted by atomic mass is 19.4. The van der Waals surface area contributed by atoms with Crippen LogP contribution in [0.15, 0.2) is 78.4 Å². The number of hydrogen-bond acceptors (Lipinski definition) is 5. The van der Waals surface area contributed by atoms with E-state index in [9.17, 15) is 38.0 Å². The maximum atomic E-state index is 13.4. The van der Waals surface area contributed by atoms with E-state index in [2.05, 4.69) is 0 Å². The van der Waals surface area contributed by atoms with E-state index < -0.39 is 51.4 Å². The number of anilines is 1. The molecule has 1 saturated heterocycles. The molecule has 0 unspecified atom stereocenters. The van der Waals surface area contributed by atoms with Crippen molar-refractivity contribution in [2.24, 2.45) is 0 Å². The van der Waals surface area contributed by atoms with Crippen LogP contribution in [0.2, 0.25) is 0 Å². The summed E-state index contributed by atoms with van der Waals surface area (Å²) in [6.07, 6.45) is -4.74. The van der Waals surface area contributed by atoms with Crippen molar-refractivity contribution < 1.29 is 32.8 Å². The minimum Gasteiger partial charge on any atom is -0.507 e. The zero-order chi connectivity index (χ0) is 25.5. The average Bonchev–Trinajstić information content (AvgIpc) is 3.09. The molecule has 3 aromatic rings. The van der Waals surface area contributed by atoms with Gasteiger partial charge in [-0.05, 0) is 31.2 Å². The van der Waals surface area contributed by atoms with Crippen molar-refractivity contribution in [3.63, 3.8) is 0 Å². The molecule has 0 radical (unpaired) electrons. The van der Waals surface area contributed by atoms with Gasteiger partial charge in [0.15, 0.2) is 0 Å². The number of aliphatic hydroxyl groups is 1. The van der Waals surface area contributed by atoms with Gasteiger partial charge in [0.05, 0.1) is 21.6 Å². The zero-order valence-corrected chi connectivity index (χ0v) is 18.1. The molecule has 178 valence electrons. The van der Waals surface area contributed by atoms with E-state index in [4.69, 9.17) is 0 Å². The Morgan fingerprint density at radius 1 is 1.00 bits per heavy atom. The van der Waals surface area contributed by atoms with E-state index in [0.29, 0.717) is 6.07 Å². The topological polar surface area (TPSA) is 101 Å². The van der Waals surface area contributed by atoms with Gasteiger partial charge in [0.1, 0.15) is 11.8 Å². The summed E-state index contributed by atoms with van der Waals surface area (Å²) in [5.41, 5.74) is -1.42. The number of nitro benzene ring substituents is 1. The summed E-state index contributed by atoms with van der Waals surface area (Å²) < 4.78 is 40.1. The molecule has 0 saturated carbocycles. The minimum absolute atomic E-state index is 0.136. The van der Waals surface area contributed by atoms with Crippen LogP contribution in [-0.4, -0.2) is 21.7 Å². The Morgan fingerprint density at radius 2 is 1.66 bits per heavy atom. The molecule has 1 amide bonds. The van der Waals surface area contributed by atoms with Gasteiger partial charge in [0, 0.05) is 17.3 Å². The van der Waals surface area contributed by atoms with Crippen molar-refractivity contribution in [2.75, 3.05) is 4.90 Å². The lowest BCUT2D eigenvalue weighted by molar-refractivity contribution is -0.385. The number of rotatable bonds is 4. The second kappa shape index (κ2) is 8.71. The number of benzene rings is 3. The number of aliphatic hydroxyl groups excluding tert-OH is 1. The zero-order valence-electron chi connectivity index (χ0n) is 18.1. The van der Waals surface area contributed by atoms with E-state index >= 15 is 0 Å². The Hall–Kier alpha value is -4.47. The van der Waals surface area contributed by atoms with Gasteiger partial charge in [-0.25, -0.2) is 0 Å². The van der Waals surface area contributed by atoms with Gasteiger partial charge in [-0.1, -0.05) is 48.0 Å². The van der Waals surface area contributed by atoms with Gasteiger partial charge in [-0.15, -0.1) is 0 Å². The lowest BCUT2D eigenvalue weighted by Crippen LogP contribution is -2.30. The quantitative estimate of drug-likeness (QED) is 0.173. The number of para-hydroxylation sites is 1. The molecular formula is C25H17F3N2O5. The SMILES string of the molecule is Cc1ccc(/C(O)=C2\C(=O)C(=O)N(c3cccc(C(F)(F)F)c3)[C@H]2c2ccccc2[N+](=O)[O-])cc1. The summed E-state index contributed by atoms with van der Waals surface area (Å²) in [6.45, 7) is 1.80. The van der Waals surface area contributed by atoms with E-state index in [1.165, 1.54) is 36.4 Å². The van der Waals surface area contributed by atoms with Crippen LogP contribution in [0.3, 0.4) is 0 Å². The molecule has 1 fully saturated rings. The Bertz CT molecular complexity index is 1380. The first-order valence-corrected chi connectivity index (χ1v) is 10.3. The van der Waals surface area contributed by atoms with Crippen LogP contribution in [-0.2, 0) is 15.8 Å². The number of Topliss-reactive ketones (excluding diaryl/α,β-unsaturated/α-hetero) is 1. The van der Waals surface area contributed by atoms with Crippen LogP contribution in [0, 0.1) is 17.0 Å². The number of ketones is 1. The third-order valence-corrected chi connectivity index (χ3v) is 5.65. The summed E-state index contributed by atoms with van der Waals surface area (Å²) in [5, 5.41) is 22.8. The average molecular weight is 482 g/mol. The number of carbonyl (C=O) groups excluding carboxylic acids is 2. The van der Waals surface area contributed by atoms with Crippen LogP contribution >= 0.6 is 0 Å². The lowest BCUT2D eigenvalue weighted by Gasteiger charge is -2.25. The number of nitrogens with zero attached hydrogens (tertiary/aromatic N) is 2. The predicted octanol–water partition coefficient (Wildman–Crippen LogP) is 5.55. The molecule has 7 nitrogen and oxygen atoms in total.